The summed E-state index contributed by atoms with van der Waals surface area (Å²) in [7, 11) is 1.98. The lowest BCUT2D eigenvalue weighted by Gasteiger charge is -2.23. The van der Waals surface area contributed by atoms with E-state index >= 15 is 0 Å². The van der Waals surface area contributed by atoms with Gasteiger partial charge in [0, 0.05) is 7.05 Å². The van der Waals surface area contributed by atoms with Crippen molar-refractivity contribution in [3.63, 3.8) is 0 Å². The van der Waals surface area contributed by atoms with Crippen LogP contribution in [0, 0.1) is 5.82 Å². The number of carboxylic acid groups (broad SMARTS) is 1. The minimum atomic E-state index is -0.876. The molecule has 1 aromatic carbocycles. The van der Waals surface area contributed by atoms with Crippen LogP contribution < -0.4 is 0 Å². The Balaban J connectivity index is 1.96. The van der Waals surface area contributed by atoms with E-state index in [0.717, 1.165) is 34.3 Å². The molecule has 1 N–H and O–H groups in total. The number of hydrogen-bond acceptors (Lipinski definition) is 2. The molecule has 0 atom stereocenters. The van der Waals surface area contributed by atoms with Crippen molar-refractivity contribution in [3.05, 3.63) is 46.6 Å². The summed E-state index contributed by atoms with van der Waals surface area (Å²) >= 11 is 1.36. The van der Waals surface area contributed by atoms with Gasteiger partial charge < -0.3 is 9.67 Å². The van der Waals surface area contributed by atoms with Gasteiger partial charge >= 0.3 is 5.97 Å². The molecule has 1 aliphatic rings. The summed E-state index contributed by atoms with van der Waals surface area (Å²) in [5.41, 5.74) is 4.30. The number of halogens is 1. The molecule has 0 aliphatic heterocycles. The maximum atomic E-state index is 13.4. The number of carbonyl (C=O) groups is 1. The van der Waals surface area contributed by atoms with Crippen LogP contribution >= 0.6 is 11.3 Å². The van der Waals surface area contributed by atoms with Crippen molar-refractivity contribution in [2.24, 2.45) is 7.05 Å². The van der Waals surface area contributed by atoms with Crippen LogP contribution in [-0.2, 0) is 7.05 Å². The maximum absolute atomic E-state index is 13.4. The Labute approximate surface area is 149 Å². The van der Waals surface area contributed by atoms with Crippen molar-refractivity contribution >= 4 is 27.5 Å². The average Bonchev–Trinajstić information content (AvgIpc) is 3.15. The van der Waals surface area contributed by atoms with Crippen LogP contribution in [0.4, 0.5) is 4.39 Å². The molecule has 0 unspecified atom stereocenters. The topological polar surface area (TPSA) is 42.2 Å². The predicted molar refractivity (Wildman–Crippen MR) is 99.0 cm³/mol. The Hall–Kier alpha value is -2.14. The largest absolute Gasteiger partial charge is 0.477 e. The molecule has 3 aromatic rings. The van der Waals surface area contributed by atoms with Gasteiger partial charge in [0.1, 0.15) is 10.7 Å². The zero-order valence-corrected chi connectivity index (χ0v) is 14.9. The van der Waals surface area contributed by atoms with Gasteiger partial charge in [0.25, 0.3) is 0 Å². The summed E-state index contributed by atoms with van der Waals surface area (Å²) < 4.78 is 16.5. The third kappa shape index (κ3) is 2.76. The van der Waals surface area contributed by atoms with Crippen molar-refractivity contribution in [1.29, 1.82) is 0 Å². The molecule has 130 valence electrons. The third-order valence-electron chi connectivity index (χ3n) is 5.25. The minimum Gasteiger partial charge on any atom is -0.477 e. The van der Waals surface area contributed by atoms with Gasteiger partial charge in [0.15, 0.2) is 0 Å². The van der Waals surface area contributed by atoms with Gasteiger partial charge in [-0.1, -0.05) is 19.3 Å². The molecule has 1 fully saturated rings. The summed E-state index contributed by atoms with van der Waals surface area (Å²) in [5.74, 6) is -0.677. The lowest BCUT2D eigenvalue weighted by Crippen LogP contribution is -2.06. The second-order valence-electron chi connectivity index (χ2n) is 6.79. The van der Waals surface area contributed by atoms with E-state index in [1.165, 1.54) is 48.3 Å². The van der Waals surface area contributed by atoms with Crippen LogP contribution in [0.1, 0.15) is 53.3 Å². The molecule has 2 aromatic heterocycles. The summed E-state index contributed by atoms with van der Waals surface area (Å²) in [6, 6.07) is 8.38. The number of aromatic carboxylic acids is 1. The van der Waals surface area contributed by atoms with Crippen molar-refractivity contribution in [1.82, 2.24) is 4.57 Å². The average molecular weight is 357 g/mol. The zero-order valence-electron chi connectivity index (χ0n) is 14.1. The Morgan fingerprint density at radius 2 is 1.88 bits per heavy atom. The van der Waals surface area contributed by atoms with Gasteiger partial charge in [-0.2, -0.15) is 0 Å². The number of carboxylic acids is 1. The van der Waals surface area contributed by atoms with Crippen LogP contribution in [0.2, 0.25) is 0 Å². The molecule has 3 nitrogen and oxygen atoms in total. The summed E-state index contributed by atoms with van der Waals surface area (Å²) in [6.45, 7) is 0. The summed E-state index contributed by atoms with van der Waals surface area (Å²) in [4.78, 5) is 11.8. The van der Waals surface area contributed by atoms with Crippen LogP contribution in [0.25, 0.3) is 21.5 Å². The standard InChI is InChI=1S/C20H20FNO2S/c1-22-15-11-16(20(23)24)25-19(15)17(12-5-3-2-4-6-12)18(22)13-7-9-14(21)10-8-13/h7-12H,2-6H2,1H3,(H,23,24). The highest BCUT2D eigenvalue weighted by Gasteiger charge is 2.27. The molecule has 0 bridgehead atoms. The van der Waals surface area contributed by atoms with Crippen LogP contribution in [-0.4, -0.2) is 15.6 Å². The first-order chi connectivity index (χ1) is 12.1. The van der Waals surface area contributed by atoms with Gasteiger partial charge in [-0.3, -0.25) is 0 Å². The van der Waals surface area contributed by atoms with E-state index in [1.54, 1.807) is 6.07 Å². The fraction of sp³-hybridized carbons (Fsp3) is 0.350. The van der Waals surface area contributed by atoms with Crippen molar-refractivity contribution in [2.75, 3.05) is 0 Å². The van der Waals surface area contributed by atoms with Crippen LogP contribution in [0.3, 0.4) is 0 Å². The normalized spacial score (nSPS) is 15.8. The number of nitrogens with zero attached hydrogens (tertiary/aromatic N) is 1. The maximum Gasteiger partial charge on any atom is 0.345 e. The quantitative estimate of drug-likeness (QED) is 0.644. The highest BCUT2D eigenvalue weighted by atomic mass is 32.1. The summed E-state index contributed by atoms with van der Waals surface area (Å²) in [5, 5.41) is 9.37. The SMILES string of the molecule is Cn1c(-c2ccc(F)cc2)c(C2CCCCC2)c2sc(C(=O)O)cc21. The molecule has 4 rings (SSSR count). The van der Waals surface area contributed by atoms with E-state index in [-0.39, 0.29) is 5.82 Å². The highest BCUT2D eigenvalue weighted by molar-refractivity contribution is 7.21. The van der Waals surface area contributed by atoms with E-state index in [0.29, 0.717) is 10.8 Å². The molecule has 5 heteroatoms. The fourth-order valence-corrected chi connectivity index (χ4v) is 5.22. The lowest BCUT2D eigenvalue weighted by molar-refractivity contribution is 0.0702. The van der Waals surface area contributed by atoms with Gasteiger partial charge in [-0.15, -0.1) is 11.3 Å². The third-order valence-corrected chi connectivity index (χ3v) is 6.40. The second kappa shape index (κ2) is 6.30. The number of benzene rings is 1. The second-order valence-corrected chi connectivity index (χ2v) is 7.85. The molecule has 2 heterocycles. The van der Waals surface area contributed by atoms with Crippen LogP contribution in [0.5, 0.6) is 0 Å². The molecule has 0 radical (unpaired) electrons. The first kappa shape index (κ1) is 16.3. The number of rotatable bonds is 3. The molecule has 0 amide bonds. The first-order valence-corrected chi connectivity index (χ1v) is 9.49. The zero-order chi connectivity index (χ0) is 17.6. The Morgan fingerprint density at radius 1 is 1.20 bits per heavy atom. The lowest BCUT2D eigenvalue weighted by atomic mass is 9.83. The Morgan fingerprint density at radius 3 is 2.52 bits per heavy atom. The number of aromatic nitrogens is 1. The van der Waals surface area contributed by atoms with Crippen LogP contribution in [0.15, 0.2) is 30.3 Å². The van der Waals surface area contributed by atoms with Crippen molar-refractivity contribution < 1.29 is 14.3 Å². The predicted octanol–water partition coefficient (Wildman–Crippen LogP) is 5.79. The number of hydrogen-bond donors (Lipinski definition) is 1. The van der Waals surface area contributed by atoms with Gasteiger partial charge in [0.2, 0.25) is 0 Å². The van der Waals surface area contributed by atoms with Gasteiger partial charge in [0.05, 0.1) is 15.9 Å². The first-order valence-electron chi connectivity index (χ1n) is 8.67. The number of aryl methyl sites for hydroxylation is 1. The smallest absolute Gasteiger partial charge is 0.345 e. The number of thiophene rings is 1. The molecule has 1 saturated carbocycles. The van der Waals surface area contributed by atoms with Crippen molar-refractivity contribution in [2.45, 2.75) is 38.0 Å². The van der Waals surface area contributed by atoms with Gasteiger partial charge in [-0.25, -0.2) is 9.18 Å². The van der Waals surface area contributed by atoms with Crippen molar-refractivity contribution in [3.8, 4) is 11.3 Å². The van der Waals surface area contributed by atoms with E-state index in [1.807, 2.05) is 19.2 Å². The molecule has 25 heavy (non-hydrogen) atoms. The Kier molecular flexibility index (Phi) is 4.12. The van der Waals surface area contributed by atoms with E-state index in [4.69, 9.17) is 0 Å². The highest BCUT2D eigenvalue weighted by Crippen LogP contribution is 2.46. The minimum absolute atomic E-state index is 0.243. The van der Waals surface area contributed by atoms with Gasteiger partial charge in [-0.05, 0) is 60.2 Å². The fourth-order valence-electron chi connectivity index (χ4n) is 4.06. The molecule has 0 spiro atoms. The van der Waals surface area contributed by atoms with E-state index in [9.17, 15) is 14.3 Å². The molecule has 1 aliphatic carbocycles. The number of fused-ring (bicyclic) bond motifs is 1. The Bertz CT molecular complexity index is 933. The summed E-state index contributed by atoms with van der Waals surface area (Å²) in [6.07, 6.45) is 5.95. The molecular weight excluding hydrogens is 337 g/mol. The van der Waals surface area contributed by atoms with E-state index in [2.05, 4.69) is 4.57 Å². The molecular formula is C20H20FNO2S. The monoisotopic (exact) mass is 357 g/mol. The molecule has 0 saturated heterocycles. The van der Waals surface area contributed by atoms with E-state index < -0.39 is 5.97 Å².